The molecule has 0 bridgehead atoms. The number of hydrogen-bond acceptors (Lipinski definition) is 5. The van der Waals surface area contributed by atoms with Gasteiger partial charge in [0.1, 0.15) is 10.7 Å². The van der Waals surface area contributed by atoms with Gasteiger partial charge in [0.05, 0.1) is 0 Å². The molecule has 1 N–H and O–H groups in total. The van der Waals surface area contributed by atoms with Crippen LogP contribution in [0.2, 0.25) is 0 Å². The third kappa shape index (κ3) is 4.15. The van der Waals surface area contributed by atoms with E-state index in [-0.39, 0.29) is 4.90 Å². The summed E-state index contributed by atoms with van der Waals surface area (Å²) in [5.41, 5.74) is 0. The molecule has 1 aromatic rings. The lowest BCUT2D eigenvalue weighted by atomic mass is 10.4. The van der Waals surface area contributed by atoms with E-state index in [1.807, 2.05) is 6.92 Å². The minimum Gasteiger partial charge on any atom is -0.370 e. The average molecular weight is 312 g/mol. The van der Waals surface area contributed by atoms with Crippen molar-refractivity contribution in [2.75, 3.05) is 45.1 Å². The smallest absolute Gasteiger partial charge is 0.244 e. The van der Waals surface area contributed by atoms with Crippen molar-refractivity contribution in [3.8, 4) is 0 Å². The van der Waals surface area contributed by atoms with Crippen molar-refractivity contribution in [1.82, 2.24) is 14.2 Å². The Bertz CT molecular complexity index is 539. The summed E-state index contributed by atoms with van der Waals surface area (Å²) in [5.74, 6) is 0.691. The second-order valence-corrected chi connectivity index (χ2v) is 7.33. The lowest BCUT2D eigenvalue weighted by Gasteiger charge is -2.21. The predicted octanol–water partition coefficient (Wildman–Crippen LogP) is 1.23. The first-order valence-electron chi connectivity index (χ1n) is 7.42. The highest BCUT2D eigenvalue weighted by atomic mass is 32.2. The SMILES string of the molecule is CCNc1ccc(S(=O)(=O)N(C)CCN2CCCC2)cn1. The Labute approximate surface area is 127 Å². The van der Waals surface area contributed by atoms with Gasteiger partial charge < -0.3 is 10.2 Å². The average Bonchev–Trinajstić information content (AvgIpc) is 2.99. The molecule has 6 nitrogen and oxygen atoms in total. The maximum atomic E-state index is 12.5. The van der Waals surface area contributed by atoms with Gasteiger partial charge in [0.25, 0.3) is 0 Å². The zero-order valence-corrected chi connectivity index (χ0v) is 13.6. The first-order chi connectivity index (χ1) is 10.0. The fraction of sp³-hybridized carbons (Fsp3) is 0.643. The normalized spacial score (nSPS) is 16.5. The van der Waals surface area contributed by atoms with E-state index < -0.39 is 10.0 Å². The molecular weight excluding hydrogens is 288 g/mol. The van der Waals surface area contributed by atoms with E-state index in [0.29, 0.717) is 12.4 Å². The van der Waals surface area contributed by atoms with Gasteiger partial charge in [-0.3, -0.25) is 0 Å². The number of nitrogens with one attached hydrogen (secondary N) is 1. The summed E-state index contributed by atoms with van der Waals surface area (Å²) in [6.07, 6.45) is 3.85. The molecule has 0 atom stereocenters. The zero-order valence-electron chi connectivity index (χ0n) is 12.7. The van der Waals surface area contributed by atoms with Crippen LogP contribution in [0.4, 0.5) is 5.82 Å². The molecule has 0 aliphatic carbocycles. The Hall–Kier alpha value is -1.18. The van der Waals surface area contributed by atoms with Crippen LogP contribution in [0.15, 0.2) is 23.2 Å². The highest BCUT2D eigenvalue weighted by Crippen LogP contribution is 2.15. The van der Waals surface area contributed by atoms with E-state index in [2.05, 4.69) is 15.2 Å². The molecule has 21 heavy (non-hydrogen) atoms. The second-order valence-electron chi connectivity index (χ2n) is 5.28. The van der Waals surface area contributed by atoms with E-state index in [4.69, 9.17) is 0 Å². The van der Waals surface area contributed by atoms with E-state index in [1.54, 1.807) is 19.2 Å². The molecule has 0 saturated carbocycles. The quantitative estimate of drug-likeness (QED) is 0.820. The Morgan fingerprint density at radius 3 is 2.62 bits per heavy atom. The standard InChI is InChI=1S/C14H24N4O2S/c1-3-15-14-7-6-13(12-16-14)21(19,20)17(2)10-11-18-8-4-5-9-18/h6-7,12H,3-5,8-11H2,1-2H3,(H,15,16). The number of aromatic nitrogens is 1. The molecule has 1 aliphatic rings. The van der Waals surface area contributed by atoms with Crippen LogP contribution >= 0.6 is 0 Å². The molecule has 0 radical (unpaired) electrons. The zero-order chi connectivity index (χ0) is 15.3. The molecule has 0 spiro atoms. The van der Waals surface area contributed by atoms with Gasteiger partial charge >= 0.3 is 0 Å². The van der Waals surface area contributed by atoms with Crippen LogP contribution in [0, 0.1) is 0 Å². The highest BCUT2D eigenvalue weighted by Gasteiger charge is 2.22. The largest absolute Gasteiger partial charge is 0.370 e. The summed E-state index contributed by atoms with van der Waals surface area (Å²) in [6, 6.07) is 3.30. The van der Waals surface area contributed by atoms with Crippen molar-refractivity contribution in [3.05, 3.63) is 18.3 Å². The van der Waals surface area contributed by atoms with Crippen molar-refractivity contribution in [1.29, 1.82) is 0 Å². The molecule has 0 amide bonds. The van der Waals surface area contributed by atoms with Gasteiger partial charge in [-0.25, -0.2) is 13.4 Å². The summed E-state index contributed by atoms with van der Waals surface area (Å²) in [7, 11) is -1.82. The molecule has 1 aliphatic heterocycles. The Kier molecular flexibility index (Phi) is 5.55. The van der Waals surface area contributed by atoms with Crippen LogP contribution in [-0.2, 0) is 10.0 Å². The number of sulfonamides is 1. The Morgan fingerprint density at radius 2 is 2.05 bits per heavy atom. The van der Waals surface area contributed by atoms with Gasteiger partial charge in [-0.2, -0.15) is 4.31 Å². The number of hydrogen-bond donors (Lipinski definition) is 1. The molecule has 2 heterocycles. The van der Waals surface area contributed by atoms with Crippen LogP contribution in [0.5, 0.6) is 0 Å². The van der Waals surface area contributed by atoms with Crippen LogP contribution in [0.3, 0.4) is 0 Å². The number of pyridine rings is 1. The van der Waals surface area contributed by atoms with Crippen LogP contribution in [0.1, 0.15) is 19.8 Å². The lowest BCUT2D eigenvalue weighted by molar-refractivity contribution is 0.310. The summed E-state index contributed by atoms with van der Waals surface area (Å²) < 4.78 is 26.3. The van der Waals surface area contributed by atoms with Crippen LogP contribution in [0.25, 0.3) is 0 Å². The van der Waals surface area contributed by atoms with Gasteiger partial charge in [-0.1, -0.05) is 0 Å². The third-order valence-corrected chi connectivity index (χ3v) is 5.57. The lowest BCUT2D eigenvalue weighted by Crippen LogP contribution is -2.35. The number of anilines is 1. The maximum absolute atomic E-state index is 12.5. The molecule has 118 valence electrons. The molecule has 0 unspecified atom stereocenters. The number of likely N-dealkylation sites (N-methyl/N-ethyl adjacent to an activating group) is 1. The van der Waals surface area contributed by atoms with Crippen LogP contribution in [-0.4, -0.2) is 62.4 Å². The van der Waals surface area contributed by atoms with Gasteiger partial charge in [-0.15, -0.1) is 0 Å². The minimum atomic E-state index is -3.45. The molecule has 1 fully saturated rings. The van der Waals surface area contributed by atoms with Gasteiger partial charge in [0, 0.05) is 32.9 Å². The topological polar surface area (TPSA) is 65.5 Å². The van der Waals surface area contributed by atoms with Crippen molar-refractivity contribution >= 4 is 15.8 Å². The summed E-state index contributed by atoms with van der Waals surface area (Å²) in [6.45, 7) is 6.18. The first-order valence-corrected chi connectivity index (χ1v) is 8.86. The Balaban J connectivity index is 1.98. The van der Waals surface area contributed by atoms with Crippen molar-refractivity contribution in [3.63, 3.8) is 0 Å². The molecule has 2 rings (SSSR count). The number of likely N-dealkylation sites (tertiary alicyclic amines) is 1. The number of rotatable bonds is 7. The molecule has 7 heteroatoms. The maximum Gasteiger partial charge on any atom is 0.244 e. The molecule has 1 aromatic heterocycles. The van der Waals surface area contributed by atoms with Crippen molar-refractivity contribution < 1.29 is 8.42 Å². The fourth-order valence-corrected chi connectivity index (χ4v) is 3.51. The van der Waals surface area contributed by atoms with Gasteiger partial charge in [0.2, 0.25) is 10.0 Å². The Morgan fingerprint density at radius 1 is 1.33 bits per heavy atom. The van der Waals surface area contributed by atoms with E-state index in [1.165, 1.54) is 23.3 Å². The highest BCUT2D eigenvalue weighted by molar-refractivity contribution is 7.89. The third-order valence-electron chi connectivity index (χ3n) is 3.73. The molecular formula is C14H24N4O2S. The van der Waals surface area contributed by atoms with E-state index in [9.17, 15) is 8.42 Å². The van der Waals surface area contributed by atoms with E-state index in [0.717, 1.165) is 26.2 Å². The van der Waals surface area contributed by atoms with Crippen molar-refractivity contribution in [2.45, 2.75) is 24.7 Å². The monoisotopic (exact) mass is 312 g/mol. The predicted molar refractivity (Wildman–Crippen MR) is 83.9 cm³/mol. The summed E-state index contributed by atoms with van der Waals surface area (Å²) in [5, 5.41) is 3.05. The van der Waals surface area contributed by atoms with E-state index >= 15 is 0 Å². The second kappa shape index (κ2) is 7.20. The first kappa shape index (κ1) is 16.2. The van der Waals surface area contributed by atoms with Crippen molar-refractivity contribution in [2.24, 2.45) is 0 Å². The molecule has 0 aromatic carbocycles. The van der Waals surface area contributed by atoms with Gasteiger partial charge in [0.15, 0.2) is 0 Å². The van der Waals surface area contributed by atoms with Gasteiger partial charge in [-0.05, 0) is 45.0 Å². The summed E-state index contributed by atoms with van der Waals surface area (Å²) >= 11 is 0. The minimum absolute atomic E-state index is 0.244. The summed E-state index contributed by atoms with van der Waals surface area (Å²) in [4.78, 5) is 6.68. The number of nitrogens with zero attached hydrogens (tertiary/aromatic N) is 3. The molecule has 1 saturated heterocycles. The van der Waals surface area contributed by atoms with Crippen LogP contribution < -0.4 is 5.32 Å². The fourth-order valence-electron chi connectivity index (χ4n) is 2.41.